The van der Waals surface area contributed by atoms with Crippen LogP contribution in [0.4, 0.5) is 5.00 Å². The predicted molar refractivity (Wildman–Crippen MR) is 100 cm³/mol. The third-order valence-corrected chi connectivity index (χ3v) is 4.28. The van der Waals surface area contributed by atoms with E-state index in [0.29, 0.717) is 23.2 Å². The average molecular weight is 398 g/mol. The number of amides is 1. The maximum atomic E-state index is 12.2. The number of ether oxygens (including phenoxy) is 1. The number of halogens is 1. The lowest BCUT2D eigenvalue weighted by Gasteiger charge is -2.05. The summed E-state index contributed by atoms with van der Waals surface area (Å²) in [5.74, 6) is -0.671. The Labute approximate surface area is 160 Å². The van der Waals surface area contributed by atoms with Gasteiger partial charge in [0.2, 0.25) is 11.6 Å². The number of aromatic nitrogens is 4. The number of hydrogen-bond acceptors (Lipinski definition) is 7. The van der Waals surface area contributed by atoms with E-state index in [0.717, 1.165) is 17.2 Å². The van der Waals surface area contributed by atoms with Crippen molar-refractivity contribution in [2.45, 2.75) is 34.2 Å². The SMILES string of the molecule is CCOC(=O)c1nnsc1NC(=O)/C=C/c1c(C)nn(CC(C)C)c1Cl. The van der Waals surface area contributed by atoms with Crippen LogP contribution in [0.25, 0.3) is 6.08 Å². The number of esters is 1. The van der Waals surface area contributed by atoms with Crippen molar-refractivity contribution >= 4 is 46.1 Å². The van der Waals surface area contributed by atoms with Gasteiger partial charge in [-0.3, -0.25) is 9.48 Å². The van der Waals surface area contributed by atoms with Gasteiger partial charge in [-0.05, 0) is 25.8 Å². The second-order valence-electron chi connectivity index (χ2n) is 5.86. The molecule has 8 nitrogen and oxygen atoms in total. The van der Waals surface area contributed by atoms with Gasteiger partial charge in [-0.2, -0.15) is 5.10 Å². The summed E-state index contributed by atoms with van der Waals surface area (Å²) in [4.78, 5) is 23.9. The number of carbonyl (C=O) groups is 2. The summed E-state index contributed by atoms with van der Waals surface area (Å²) < 4.78 is 10.3. The van der Waals surface area contributed by atoms with E-state index in [4.69, 9.17) is 16.3 Å². The van der Waals surface area contributed by atoms with Gasteiger partial charge < -0.3 is 10.1 Å². The van der Waals surface area contributed by atoms with Crippen molar-refractivity contribution in [3.63, 3.8) is 0 Å². The summed E-state index contributed by atoms with van der Waals surface area (Å²) in [5.41, 5.74) is 1.39. The molecule has 0 fully saturated rings. The molecule has 0 atom stereocenters. The van der Waals surface area contributed by atoms with Crippen LogP contribution in [0.2, 0.25) is 5.15 Å². The van der Waals surface area contributed by atoms with Crippen LogP contribution >= 0.6 is 23.1 Å². The molecule has 10 heteroatoms. The quantitative estimate of drug-likeness (QED) is 0.569. The van der Waals surface area contributed by atoms with Crippen LogP contribution in [-0.2, 0) is 16.1 Å². The third kappa shape index (κ3) is 4.89. The molecule has 0 unspecified atom stereocenters. The van der Waals surface area contributed by atoms with Crippen molar-refractivity contribution in [1.82, 2.24) is 19.4 Å². The van der Waals surface area contributed by atoms with E-state index in [1.807, 2.05) is 6.92 Å². The number of anilines is 1. The molecule has 140 valence electrons. The number of aryl methyl sites for hydroxylation is 1. The minimum absolute atomic E-state index is 0.0161. The number of nitrogens with zero attached hydrogens (tertiary/aromatic N) is 4. The summed E-state index contributed by atoms with van der Waals surface area (Å²) in [6, 6.07) is 0. The fraction of sp³-hybridized carbons (Fsp3) is 0.438. The van der Waals surface area contributed by atoms with Crippen LogP contribution < -0.4 is 5.32 Å². The van der Waals surface area contributed by atoms with Crippen molar-refractivity contribution in [3.05, 3.63) is 28.2 Å². The van der Waals surface area contributed by atoms with Crippen molar-refractivity contribution in [3.8, 4) is 0 Å². The second kappa shape index (κ2) is 8.91. The third-order valence-electron chi connectivity index (χ3n) is 3.24. The first-order chi connectivity index (χ1) is 12.3. The Balaban J connectivity index is 2.11. The molecule has 2 aromatic heterocycles. The van der Waals surface area contributed by atoms with E-state index in [1.54, 1.807) is 17.7 Å². The van der Waals surface area contributed by atoms with Gasteiger partial charge >= 0.3 is 5.97 Å². The first-order valence-electron chi connectivity index (χ1n) is 8.04. The summed E-state index contributed by atoms with van der Waals surface area (Å²) in [6.45, 7) is 8.55. The molecule has 0 aromatic carbocycles. The van der Waals surface area contributed by atoms with Gasteiger partial charge in [0.05, 0.1) is 12.3 Å². The first-order valence-corrected chi connectivity index (χ1v) is 9.20. The van der Waals surface area contributed by atoms with Crippen LogP contribution in [0.15, 0.2) is 6.08 Å². The van der Waals surface area contributed by atoms with E-state index in [2.05, 4.69) is 33.8 Å². The lowest BCUT2D eigenvalue weighted by molar-refractivity contribution is -0.111. The molecule has 0 bridgehead atoms. The fourth-order valence-corrected chi connectivity index (χ4v) is 3.01. The molecule has 1 amide bonds. The zero-order chi connectivity index (χ0) is 19.3. The molecule has 1 N–H and O–H groups in total. The topological polar surface area (TPSA) is 99.0 Å². The molecule has 0 saturated carbocycles. The highest BCUT2D eigenvalue weighted by Crippen LogP contribution is 2.23. The van der Waals surface area contributed by atoms with E-state index in [-0.39, 0.29) is 17.3 Å². The number of nitrogens with one attached hydrogen (secondary N) is 1. The van der Waals surface area contributed by atoms with Gasteiger partial charge in [0.15, 0.2) is 5.00 Å². The van der Waals surface area contributed by atoms with Crippen LogP contribution in [-0.4, -0.2) is 37.9 Å². The first kappa shape index (κ1) is 20.1. The Bertz CT molecular complexity index is 828. The molecule has 0 aliphatic carbocycles. The molecule has 2 heterocycles. The lowest BCUT2D eigenvalue weighted by atomic mass is 10.2. The highest BCUT2D eigenvalue weighted by molar-refractivity contribution is 7.10. The standard InChI is InChI=1S/C16H20ClN5O3S/c1-5-25-16(24)13-15(26-21-19-13)18-12(23)7-6-11-10(4)20-22(14(11)17)8-9(2)3/h6-7,9H,5,8H2,1-4H3,(H,18,23)/b7-6+. The van der Waals surface area contributed by atoms with Crippen LogP contribution in [0.5, 0.6) is 0 Å². The molecule has 2 rings (SSSR count). The normalized spacial score (nSPS) is 11.3. The zero-order valence-electron chi connectivity index (χ0n) is 14.9. The van der Waals surface area contributed by atoms with Gasteiger partial charge in [-0.25, -0.2) is 4.79 Å². The molecule has 0 radical (unpaired) electrons. The fourth-order valence-electron chi connectivity index (χ4n) is 2.14. The number of hydrogen-bond donors (Lipinski definition) is 1. The van der Waals surface area contributed by atoms with Crippen molar-refractivity contribution < 1.29 is 14.3 Å². The summed E-state index contributed by atoms with van der Waals surface area (Å²) in [6.07, 6.45) is 2.92. The Morgan fingerprint density at radius 2 is 2.15 bits per heavy atom. The van der Waals surface area contributed by atoms with Gasteiger partial charge in [0.1, 0.15) is 5.15 Å². The number of carbonyl (C=O) groups excluding carboxylic acids is 2. The lowest BCUT2D eigenvalue weighted by Crippen LogP contribution is -2.12. The molecular weight excluding hydrogens is 378 g/mol. The monoisotopic (exact) mass is 397 g/mol. The average Bonchev–Trinajstić information content (AvgIpc) is 3.11. The highest BCUT2D eigenvalue weighted by atomic mass is 35.5. The van der Waals surface area contributed by atoms with Gasteiger partial charge in [0, 0.05) is 29.7 Å². The van der Waals surface area contributed by atoms with E-state index >= 15 is 0 Å². The Hall–Kier alpha value is -2.26. The molecule has 0 aliphatic rings. The van der Waals surface area contributed by atoms with Crippen molar-refractivity contribution in [2.75, 3.05) is 11.9 Å². The minimum Gasteiger partial charge on any atom is -0.461 e. The molecule has 0 aliphatic heterocycles. The predicted octanol–water partition coefficient (Wildman–Crippen LogP) is 3.18. The van der Waals surface area contributed by atoms with Crippen LogP contribution in [0, 0.1) is 12.8 Å². The summed E-state index contributed by atoms with van der Waals surface area (Å²) in [5, 5.41) is 11.4. The summed E-state index contributed by atoms with van der Waals surface area (Å²) >= 11 is 7.24. The molecular formula is C16H20ClN5O3S. The Morgan fingerprint density at radius 3 is 2.81 bits per heavy atom. The van der Waals surface area contributed by atoms with E-state index in [9.17, 15) is 9.59 Å². The highest BCUT2D eigenvalue weighted by Gasteiger charge is 2.19. The maximum absolute atomic E-state index is 12.2. The smallest absolute Gasteiger partial charge is 0.362 e. The molecule has 0 spiro atoms. The van der Waals surface area contributed by atoms with Crippen molar-refractivity contribution in [1.29, 1.82) is 0 Å². The summed E-state index contributed by atoms with van der Waals surface area (Å²) in [7, 11) is 0. The molecule has 26 heavy (non-hydrogen) atoms. The Kier molecular flexibility index (Phi) is 6.87. The van der Waals surface area contributed by atoms with Gasteiger partial charge in [-0.1, -0.05) is 29.9 Å². The minimum atomic E-state index is -0.630. The largest absolute Gasteiger partial charge is 0.461 e. The van der Waals surface area contributed by atoms with Crippen LogP contribution in [0.1, 0.15) is 42.5 Å². The zero-order valence-corrected chi connectivity index (χ0v) is 16.5. The molecule has 0 saturated heterocycles. The molecule has 2 aromatic rings. The Morgan fingerprint density at radius 1 is 1.42 bits per heavy atom. The van der Waals surface area contributed by atoms with Gasteiger partial charge in [-0.15, -0.1) is 5.10 Å². The van der Waals surface area contributed by atoms with Crippen LogP contribution in [0.3, 0.4) is 0 Å². The maximum Gasteiger partial charge on any atom is 0.362 e. The van der Waals surface area contributed by atoms with Crippen molar-refractivity contribution in [2.24, 2.45) is 5.92 Å². The van der Waals surface area contributed by atoms with E-state index < -0.39 is 11.9 Å². The number of rotatable bonds is 7. The van der Waals surface area contributed by atoms with E-state index in [1.165, 1.54) is 6.08 Å². The second-order valence-corrected chi connectivity index (χ2v) is 6.97. The van der Waals surface area contributed by atoms with Gasteiger partial charge in [0.25, 0.3) is 0 Å².